The maximum absolute atomic E-state index is 11.2. The molecule has 2 rings (SSSR count). The summed E-state index contributed by atoms with van der Waals surface area (Å²) in [6.45, 7) is 4.82. The highest BCUT2D eigenvalue weighted by Crippen LogP contribution is 2.37. The molecule has 0 aliphatic rings. The Morgan fingerprint density at radius 3 is 2.18 bits per heavy atom. The van der Waals surface area contributed by atoms with Crippen molar-refractivity contribution in [2.45, 2.75) is 88.7 Å². The summed E-state index contributed by atoms with van der Waals surface area (Å²) >= 11 is 2.07. The van der Waals surface area contributed by atoms with Crippen LogP contribution in [0.4, 0.5) is 0 Å². The summed E-state index contributed by atoms with van der Waals surface area (Å²) in [6.07, 6.45) is 9.83. The Hall–Kier alpha value is -1.78. The lowest BCUT2D eigenvalue weighted by Gasteiger charge is -2.30. The van der Waals surface area contributed by atoms with Gasteiger partial charge in [-0.2, -0.15) is 11.8 Å². The second-order valence-electron chi connectivity index (χ2n) is 9.95. The van der Waals surface area contributed by atoms with E-state index in [9.17, 15) is 9.90 Å². The van der Waals surface area contributed by atoms with Gasteiger partial charge in [-0.15, -0.1) is 0 Å². The van der Waals surface area contributed by atoms with Crippen LogP contribution in [-0.4, -0.2) is 28.5 Å². The van der Waals surface area contributed by atoms with Crippen molar-refractivity contribution in [1.29, 1.82) is 0 Å². The number of carbonyl (C=O) groups is 1. The molecule has 34 heavy (non-hydrogen) atoms. The van der Waals surface area contributed by atoms with Gasteiger partial charge in [0, 0.05) is 18.3 Å². The monoisotopic (exact) mass is 484 g/mol. The van der Waals surface area contributed by atoms with E-state index in [1.54, 1.807) is 0 Å². The number of hydrogen-bond donors (Lipinski definition) is 2. The van der Waals surface area contributed by atoms with Gasteiger partial charge < -0.3 is 10.2 Å². The lowest BCUT2D eigenvalue weighted by Crippen LogP contribution is -2.23. The van der Waals surface area contributed by atoms with Crippen molar-refractivity contribution in [2.75, 3.05) is 12.4 Å². The molecule has 0 fully saturated rings. The third-order valence-electron chi connectivity index (χ3n) is 6.99. The van der Waals surface area contributed by atoms with Crippen LogP contribution in [0.25, 0.3) is 0 Å². The number of unbranched alkanes of at least 4 members (excludes halogenated alkanes) is 1. The average Bonchev–Trinajstić information content (AvgIpc) is 2.86. The highest BCUT2D eigenvalue weighted by atomic mass is 32.2. The average molecular weight is 485 g/mol. The van der Waals surface area contributed by atoms with Gasteiger partial charge in [-0.05, 0) is 66.7 Å². The van der Waals surface area contributed by atoms with Crippen molar-refractivity contribution in [2.24, 2.45) is 5.92 Å². The summed E-state index contributed by atoms with van der Waals surface area (Å²) in [6, 6.07) is 21.3. The molecule has 0 saturated heterocycles. The SMILES string of the molecule is CC(CCCO)CCCC(SCCCCC(C)(CCC(=O)O)c1ccccc1)c1ccccc1. The molecule has 0 radical (unpaired) electrons. The van der Waals surface area contributed by atoms with Crippen LogP contribution < -0.4 is 0 Å². The molecule has 188 valence electrons. The van der Waals surface area contributed by atoms with Crippen molar-refractivity contribution < 1.29 is 15.0 Å². The number of benzene rings is 2. The van der Waals surface area contributed by atoms with Gasteiger partial charge in [0.1, 0.15) is 0 Å². The molecule has 3 nitrogen and oxygen atoms in total. The maximum Gasteiger partial charge on any atom is 0.303 e. The lowest BCUT2D eigenvalue weighted by atomic mass is 9.75. The summed E-state index contributed by atoms with van der Waals surface area (Å²) in [5.74, 6) is 1.09. The second kappa shape index (κ2) is 16.0. The van der Waals surface area contributed by atoms with E-state index in [2.05, 4.69) is 80.2 Å². The van der Waals surface area contributed by atoms with Gasteiger partial charge in [0.2, 0.25) is 0 Å². The Bertz CT molecular complexity index is 795. The van der Waals surface area contributed by atoms with Crippen LogP contribution >= 0.6 is 11.8 Å². The van der Waals surface area contributed by atoms with Crippen molar-refractivity contribution in [3.8, 4) is 0 Å². The Labute approximate surface area is 211 Å². The van der Waals surface area contributed by atoms with E-state index in [1.165, 1.54) is 30.4 Å². The summed E-state index contributed by atoms with van der Waals surface area (Å²) in [5.41, 5.74) is 2.58. The Kier molecular flexibility index (Phi) is 13.4. The molecule has 2 aromatic carbocycles. The fraction of sp³-hybridized carbons (Fsp3) is 0.567. The van der Waals surface area contributed by atoms with Gasteiger partial charge in [0.25, 0.3) is 0 Å². The van der Waals surface area contributed by atoms with Gasteiger partial charge in [-0.25, -0.2) is 0 Å². The smallest absolute Gasteiger partial charge is 0.303 e. The lowest BCUT2D eigenvalue weighted by molar-refractivity contribution is -0.137. The van der Waals surface area contributed by atoms with Crippen LogP contribution in [0, 0.1) is 5.92 Å². The minimum absolute atomic E-state index is 0.0894. The Morgan fingerprint density at radius 1 is 0.882 bits per heavy atom. The van der Waals surface area contributed by atoms with E-state index in [1.807, 2.05) is 6.07 Å². The van der Waals surface area contributed by atoms with Gasteiger partial charge in [0.15, 0.2) is 0 Å². The van der Waals surface area contributed by atoms with Crippen molar-refractivity contribution in [3.63, 3.8) is 0 Å². The highest BCUT2D eigenvalue weighted by Gasteiger charge is 2.26. The van der Waals surface area contributed by atoms with Crippen LogP contribution in [0.3, 0.4) is 0 Å². The first-order valence-electron chi connectivity index (χ1n) is 13.0. The maximum atomic E-state index is 11.2. The minimum Gasteiger partial charge on any atom is -0.481 e. The molecular weight excluding hydrogens is 440 g/mol. The minimum atomic E-state index is -0.714. The molecule has 0 aromatic heterocycles. The van der Waals surface area contributed by atoms with E-state index < -0.39 is 5.97 Å². The number of aliphatic hydroxyl groups excluding tert-OH is 1. The fourth-order valence-corrected chi connectivity index (χ4v) is 6.07. The zero-order valence-electron chi connectivity index (χ0n) is 21.1. The zero-order chi connectivity index (χ0) is 24.7. The van der Waals surface area contributed by atoms with Crippen LogP contribution in [-0.2, 0) is 10.2 Å². The number of carboxylic acids is 1. The summed E-state index contributed by atoms with van der Waals surface area (Å²) in [7, 11) is 0. The molecule has 0 saturated carbocycles. The van der Waals surface area contributed by atoms with Crippen LogP contribution in [0.15, 0.2) is 60.7 Å². The first-order chi connectivity index (χ1) is 16.4. The number of hydrogen-bond acceptors (Lipinski definition) is 3. The van der Waals surface area contributed by atoms with Crippen molar-refractivity contribution >= 4 is 17.7 Å². The van der Waals surface area contributed by atoms with Crippen molar-refractivity contribution in [1.82, 2.24) is 0 Å². The predicted molar refractivity (Wildman–Crippen MR) is 145 cm³/mol. The van der Waals surface area contributed by atoms with Crippen molar-refractivity contribution in [3.05, 3.63) is 71.8 Å². The van der Waals surface area contributed by atoms with Crippen LogP contribution in [0.1, 0.15) is 94.4 Å². The molecule has 0 aliphatic heterocycles. The first-order valence-corrected chi connectivity index (χ1v) is 14.0. The number of aliphatic hydroxyl groups is 1. The summed E-state index contributed by atoms with van der Waals surface area (Å²) in [5, 5.41) is 18.8. The molecule has 3 unspecified atom stereocenters. The standard InChI is InChI=1S/C30H44O3S/c1-25(14-12-23-31)13-11-19-28(26-15-5-3-6-16-26)34-24-10-9-21-30(2,22-20-29(32)33)27-17-7-4-8-18-27/h3-8,15-18,25,28,31H,9-14,19-24H2,1-2H3,(H,32,33). The zero-order valence-corrected chi connectivity index (χ0v) is 21.9. The van der Waals surface area contributed by atoms with E-state index in [-0.39, 0.29) is 11.8 Å². The molecule has 0 bridgehead atoms. The van der Waals surface area contributed by atoms with E-state index in [0.717, 1.165) is 37.9 Å². The fourth-order valence-electron chi connectivity index (χ4n) is 4.73. The van der Waals surface area contributed by atoms with Crippen LogP contribution in [0.2, 0.25) is 0 Å². The number of carboxylic acid groups (broad SMARTS) is 1. The molecule has 2 aromatic rings. The van der Waals surface area contributed by atoms with E-state index in [0.29, 0.717) is 24.2 Å². The van der Waals surface area contributed by atoms with Gasteiger partial charge in [-0.1, -0.05) is 93.8 Å². The van der Waals surface area contributed by atoms with E-state index >= 15 is 0 Å². The Balaban J connectivity index is 1.85. The summed E-state index contributed by atoms with van der Waals surface area (Å²) in [4.78, 5) is 11.2. The van der Waals surface area contributed by atoms with Gasteiger partial charge >= 0.3 is 5.97 Å². The molecule has 0 spiro atoms. The Morgan fingerprint density at radius 2 is 1.53 bits per heavy atom. The molecule has 0 amide bonds. The molecule has 0 aliphatic carbocycles. The molecule has 2 N–H and O–H groups in total. The predicted octanol–water partition coefficient (Wildman–Crippen LogP) is 8.03. The molecular formula is C30H44O3S. The summed E-state index contributed by atoms with van der Waals surface area (Å²) < 4.78 is 0. The van der Waals surface area contributed by atoms with Gasteiger partial charge in [-0.3, -0.25) is 4.79 Å². The quantitative estimate of drug-likeness (QED) is 0.210. The normalized spacial score (nSPS) is 14.9. The number of aliphatic carboxylic acids is 1. The topological polar surface area (TPSA) is 57.5 Å². The second-order valence-corrected chi connectivity index (χ2v) is 11.3. The molecule has 4 heteroatoms. The largest absolute Gasteiger partial charge is 0.481 e. The van der Waals surface area contributed by atoms with E-state index in [4.69, 9.17) is 5.11 Å². The third kappa shape index (κ3) is 10.7. The molecule has 0 heterocycles. The van der Waals surface area contributed by atoms with Gasteiger partial charge in [0.05, 0.1) is 0 Å². The van der Waals surface area contributed by atoms with Crippen LogP contribution in [0.5, 0.6) is 0 Å². The number of thioether (sulfide) groups is 1. The number of rotatable bonds is 18. The first kappa shape index (κ1) is 28.5. The highest BCUT2D eigenvalue weighted by molar-refractivity contribution is 7.99. The molecule has 3 atom stereocenters. The third-order valence-corrected chi connectivity index (χ3v) is 8.43.